The number of amidine groups is 1. The van der Waals surface area contributed by atoms with Gasteiger partial charge in [0.25, 0.3) is 5.84 Å². The van der Waals surface area contributed by atoms with Crippen molar-refractivity contribution in [1.29, 1.82) is 0 Å². The van der Waals surface area contributed by atoms with Gasteiger partial charge in [-0.3, -0.25) is 4.99 Å². The highest BCUT2D eigenvalue weighted by atomic mass is 79.9. The smallest absolute Gasteiger partial charge is 0.265 e. The van der Waals surface area contributed by atoms with Crippen LogP contribution in [0.1, 0.15) is 5.56 Å². The van der Waals surface area contributed by atoms with Gasteiger partial charge in [-0.15, -0.1) is 4.59 Å². The Labute approximate surface area is 147 Å². The number of hydrogen-bond acceptors (Lipinski definition) is 4. The van der Waals surface area contributed by atoms with Gasteiger partial charge in [0.1, 0.15) is 17.7 Å². The van der Waals surface area contributed by atoms with E-state index in [1.54, 1.807) is 18.6 Å². The highest BCUT2D eigenvalue weighted by Crippen LogP contribution is 2.34. The average Bonchev–Trinajstić information content (AvgIpc) is 2.88. The van der Waals surface area contributed by atoms with Crippen LogP contribution in [0, 0.1) is 0 Å². The van der Waals surface area contributed by atoms with Crippen LogP contribution in [0.15, 0.2) is 87.3 Å². The van der Waals surface area contributed by atoms with E-state index in [2.05, 4.69) is 25.9 Å². The number of nitrogens with two attached hydrogens (primary N) is 1. The third-order valence-electron chi connectivity index (χ3n) is 3.84. The minimum Gasteiger partial charge on any atom is -0.457 e. The Kier molecular flexibility index (Phi) is 3.65. The van der Waals surface area contributed by atoms with E-state index >= 15 is 0 Å². The quantitative estimate of drug-likeness (QED) is 0.495. The topological polar surface area (TPSA) is 60.0 Å². The number of benzene rings is 2. The van der Waals surface area contributed by atoms with E-state index in [9.17, 15) is 0 Å². The molecule has 0 saturated heterocycles. The number of halogens is 1. The fraction of sp³-hybridized carbons (Fsp3) is 0. The molecule has 0 aromatic heterocycles. The molecule has 5 nitrogen and oxygen atoms in total. The van der Waals surface area contributed by atoms with E-state index in [1.807, 2.05) is 54.6 Å². The summed E-state index contributed by atoms with van der Waals surface area (Å²) in [7, 11) is 0. The van der Waals surface area contributed by atoms with Crippen molar-refractivity contribution in [3.8, 4) is 11.5 Å². The number of aliphatic imine (C=N–C) groups is 2. The van der Waals surface area contributed by atoms with Gasteiger partial charge in [0.05, 0.1) is 18.0 Å². The van der Waals surface area contributed by atoms with E-state index in [4.69, 9.17) is 10.6 Å². The van der Waals surface area contributed by atoms with Gasteiger partial charge in [-0.25, -0.2) is 0 Å². The monoisotopic (exact) mass is 381 g/mol. The Bertz CT molecular complexity index is 900. The van der Waals surface area contributed by atoms with Crippen LogP contribution in [0.2, 0.25) is 0 Å². The lowest BCUT2D eigenvalue weighted by atomic mass is 10.1. The number of nitrogens with zero attached hydrogens (tertiary/aromatic N) is 3. The number of hydrogen-bond donors (Lipinski definition) is 1. The Morgan fingerprint density at radius 3 is 2.42 bits per heavy atom. The summed E-state index contributed by atoms with van der Waals surface area (Å²) in [5.74, 6) is 8.79. The van der Waals surface area contributed by atoms with Crippen molar-refractivity contribution in [1.82, 2.24) is 0 Å². The molecular weight excluding hydrogens is 368 g/mol. The normalized spacial score (nSPS) is 21.7. The SMILES string of the molecule is N[N+]12C=CN=CC1=C(Br)N=C2c1ccc(Oc2ccccc2)cc1. The molecule has 1 unspecified atom stereocenters. The molecule has 2 N–H and O–H groups in total. The number of quaternary nitrogens is 1. The first-order valence-corrected chi connectivity index (χ1v) is 8.17. The van der Waals surface area contributed by atoms with Crippen molar-refractivity contribution < 1.29 is 9.33 Å². The van der Waals surface area contributed by atoms with Crippen molar-refractivity contribution >= 4 is 28.0 Å². The molecule has 2 aliphatic rings. The first-order valence-electron chi connectivity index (χ1n) is 7.38. The number of fused-ring (bicyclic) bond motifs is 1. The van der Waals surface area contributed by atoms with Crippen LogP contribution < -0.4 is 10.6 Å². The van der Waals surface area contributed by atoms with Gasteiger partial charge in [0, 0.05) is 0 Å². The zero-order chi connectivity index (χ0) is 16.6. The van der Waals surface area contributed by atoms with Gasteiger partial charge < -0.3 is 4.74 Å². The van der Waals surface area contributed by atoms with Gasteiger partial charge in [0.2, 0.25) is 5.70 Å². The number of ether oxygens (including phenoxy) is 1. The van der Waals surface area contributed by atoms with Crippen molar-refractivity contribution in [3.63, 3.8) is 0 Å². The van der Waals surface area contributed by atoms with Crippen molar-refractivity contribution in [2.45, 2.75) is 0 Å². The highest BCUT2D eigenvalue weighted by molar-refractivity contribution is 9.11. The molecule has 0 spiro atoms. The first-order chi connectivity index (χ1) is 11.7. The lowest BCUT2D eigenvalue weighted by Crippen LogP contribution is -2.52. The van der Waals surface area contributed by atoms with Gasteiger partial charge in [-0.1, -0.05) is 18.2 Å². The predicted molar refractivity (Wildman–Crippen MR) is 97.5 cm³/mol. The fourth-order valence-corrected chi connectivity index (χ4v) is 3.20. The molecular formula is C18H14BrN4O+. The summed E-state index contributed by atoms with van der Waals surface area (Å²) in [6.07, 6.45) is 5.20. The van der Waals surface area contributed by atoms with E-state index in [1.165, 1.54) is 0 Å². The maximum absolute atomic E-state index is 6.50. The molecule has 2 aromatic rings. The first kappa shape index (κ1) is 15.0. The predicted octanol–water partition coefficient (Wildman–Crippen LogP) is 4.05. The zero-order valence-electron chi connectivity index (χ0n) is 12.6. The van der Waals surface area contributed by atoms with E-state index in [0.717, 1.165) is 28.6 Å². The largest absolute Gasteiger partial charge is 0.457 e. The Hall–Kier alpha value is -2.54. The van der Waals surface area contributed by atoms with Gasteiger partial charge in [0.15, 0.2) is 4.61 Å². The molecule has 0 aliphatic carbocycles. The van der Waals surface area contributed by atoms with E-state index < -0.39 is 0 Å². The van der Waals surface area contributed by atoms with Gasteiger partial charge in [-0.05, 0) is 52.3 Å². The molecule has 118 valence electrons. The molecule has 0 radical (unpaired) electrons. The van der Waals surface area contributed by atoms with Crippen LogP contribution in [0.3, 0.4) is 0 Å². The molecule has 0 saturated carbocycles. The number of allylic oxidation sites excluding steroid dienone is 1. The molecule has 0 amide bonds. The van der Waals surface area contributed by atoms with Crippen LogP contribution in [-0.4, -0.2) is 16.6 Å². The van der Waals surface area contributed by atoms with Crippen molar-refractivity contribution in [2.24, 2.45) is 15.8 Å². The van der Waals surface area contributed by atoms with Crippen LogP contribution >= 0.6 is 15.9 Å². The molecule has 1 atom stereocenters. The lowest BCUT2D eigenvalue weighted by molar-refractivity contribution is -0.750. The minimum absolute atomic E-state index is 0.00295. The second-order valence-electron chi connectivity index (χ2n) is 5.40. The van der Waals surface area contributed by atoms with Crippen molar-refractivity contribution in [3.05, 3.63) is 82.9 Å². The van der Waals surface area contributed by atoms with Crippen LogP contribution in [0.25, 0.3) is 0 Å². The zero-order valence-corrected chi connectivity index (χ0v) is 14.2. The summed E-state index contributed by atoms with van der Waals surface area (Å²) in [6, 6.07) is 17.4. The summed E-state index contributed by atoms with van der Waals surface area (Å²) in [4.78, 5) is 8.69. The number of para-hydroxylation sites is 1. The Morgan fingerprint density at radius 1 is 0.958 bits per heavy atom. The highest BCUT2D eigenvalue weighted by Gasteiger charge is 2.43. The Balaban J connectivity index is 1.61. The third-order valence-corrected chi connectivity index (χ3v) is 4.42. The molecule has 4 rings (SSSR count). The third kappa shape index (κ3) is 2.50. The van der Waals surface area contributed by atoms with Gasteiger partial charge in [-0.2, -0.15) is 10.8 Å². The second-order valence-corrected chi connectivity index (χ2v) is 6.16. The second kappa shape index (κ2) is 5.83. The summed E-state index contributed by atoms with van der Waals surface area (Å²) >= 11 is 3.46. The van der Waals surface area contributed by atoms with Crippen LogP contribution in [0.5, 0.6) is 11.5 Å². The molecule has 0 fully saturated rings. The summed E-state index contributed by atoms with van der Waals surface area (Å²) in [5, 5.41) is 0. The number of rotatable bonds is 3. The molecule has 2 heterocycles. The van der Waals surface area contributed by atoms with E-state index in [0.29, 0.717) is 4.61 Å². The molecule has 2 aliphatic heterocycles. The average molecular weight is 382 g/mol. The van der Waals surface area contributed by atoms with Crippen molar-refractivity contribution in [2.75, 3.05) is 0 Å². The standard InChI is InChI=1S/C18H14BrN4O/c19-17-16-12-21-10-11-23(16,20)18(22-17)13-6-8-15(9-7-13)24-14-4-2-1-3-5-14/h1-12H,20H2/q+1. The summed E-state index contributed by atoms with van der Waals surface area (Å²) in [6.45, 7) is 0. The summed E-state index contributed by atoms with van der Waals surface area (Å²) < 4.78 is 6.51. The molecule has 0 bridgehead atoms. The molecule has 2 aromatic carbocycles. The minimum atomic E-state index is 0.00295. The fourth-order valence-electron chi connectivity index (χ4n) is 2.63. The maximum Gasteiger partial charge on any atom is 0.265 e. The summed E-state index contributed by atoms with van der Waals surface area (Å²) in [5.41, 5.74) is 1.72. The maximum atomic E-state index is 6.50. The lowest BCUT2D eigenvalue weighted by Gasteiger charge is -2.26. The van der Waals surface area contributed by atoms with E-state index in [-0.39, 0.29) is 4.59 Å². The van der Waals surface area contributed by atoms with Gasteiger partial charge >= 0.3 is 0 Å². The van der Waals surface area contributed by atoms with Crippen LogP contribution in [0.4, 0.5) is 0 Å². The Morgan fingerprint density at radius 2 is 1.67 bits per heavy atom. The molecule has 6 heteroatoms. The molecule has 24 heavy (non-hydrogen) atoms. The van der Waals surface area contributed by atoms with Crippen LogP contribution in [-0.2, 0) is 0 Å².